The summed E-state index contributed by atoms with van der Waals surface area (Å²) in [5, 5.41) is 8.68. The van der Waals surface area contributed by atoms with E-state index in [4.69, 9.17) is 14.2 Å². The summed E-state index contributed by atoms with van der Waals surface area (Å²) >= 11 is 0. The molecule has 6 aromatic rings. The average Bonchev–Trinajstić information content (AvgIpc) is 4.02. The normalized spacial score (nSPS) is 19.3. The van der Waals surface area contributed by atoms with E-state index in [-0.39, 0.29) is 30.3 Å². The van der Waals surface area contributed by atoms with Gasteiger partial charge in [-0.15, -0.1) is 0 Å². The van der Waals surface area contributed by atoms with Crippen LogP contribution in [-0.4, -0.2) is 74.6 Å². The third-order valence-electron chi connectivity index (χ3n) is 11.3. The molecule has 2 aromatic heterocycles. The fraction of sp³-hybridized carbons (Fsp3) is 0.364. The van der Waals surface area contributed by atoms with Crippen LogP contribution in [0, 0.1) is 17.6 Å². The van der Waals surface area contributed by atoms with Gasteiger partial charge < -0.3 is 24.0 Å². The molecule has 0 amide bonds. The summed E-state index contributed by atoms with van der Waals surface area (Å²) < 4.78 is 52.1. The maximum Gasteiger partial charge on any atom is 0.350 e. The lowest BCUT2D eigenvalue weighted by Crippen LogP contribution is -2.46. The first-order valence-electron chi connectivity index (χ1n) is 19.9. The van der Waals surface area contributed by atoms with Gasteiger partial charge in [-0.25, -0.2) is 32.5 Å². The molecule has 4 atom stereocenters. The fourth-order valence-corrected chi connectivity index (χ4v) is 8.14. The van der Waals surface area contributed by atoms with Crippen LogP contribution in [0.2, 0.25) is 0 Å². The van der Waals surface area contributed by atoms with Gasteiger partial charge in [0.15, 0.2) is 0 Å². The van der Waals surface area contributed by atoms with Gasteiger partial charge in [-0.1, -0.05) is 43.3 Å². The zero-order valence-corrected chi connectivity index (χ0v) is 32.7. The first kappa shape index (κ1) is 39.0. The van der Waals surface area contributed by atoms with Crippen LogP contribution in [0.15, 0.2) is 121 Å². The Kier molecular flexibility index (Phi) is 11.6. The highest BCUT2D eigenvalue weighted by molar-refractivity contribution is 5.54. The Morgan fingerprint density at radius 3 is 2.21 bits per heavy atom. The zero-order valence-electron chi connectivity index (χ0n) is 32.7. The molecule has 0 N–H and O–H groups in total. The number of piperazine rings is 1. The van der Waals surface area contributed by atoms with Crippen LogP contribution in [-0.2, 0) is 28.2 Å². The predicted octanol–water partition coefficient (Wildman–Crippen LogP) is 6.80. The van der Waals surface area contributed by atoms with Gasteiger partial charge in [0.25, 0.3) is 0 Å². The van der Waals surface area contributed by atoms with E-state index in [1.807, 2.05) is 68.4 Å². The molecular weight excluding hydrogens is 743 g/mol. The molecule has 0 saturated carbocycles. The third-order valence-corrected chi connectivity index (χ3v) is 11.3. The van der Waals surface area contributed by atoms with E-state index in [1.54, 1.807) is 26.6 Å². The number of benzene rings is 4. The van der Waals surface area contributed by atoms with Crippen molar-refractivity contribution in [2.24, 2.45) is 5.92 Å². The highest BCUT2D eigenvalue weighted by atomic mass is 19.1. The molecule has 0 aliphatic carbocycles. The van der Waals surface area contributed by atoms with Crippen molar-refractivity contribution in [1.82, 2.24) is 29.1 Å². The molecule has 0 unspecified atom stereocenters. The van der Waals surface area contributed by atoms with Crippen molar-refractivity contribution < 1.29 is 23.0 Å². The van der Waals surface area contributed by atoms with Crippen LogP contribution in [0.4, 0.5) is 20.2 Å². The molecule has 0 spiro atoms. The minimum atomic E-state index is -1.02. The van der Waals surface area contributed by atoms with Gasteiger partial charge in [-0.2, -0.15) is 10.2 Å². The van der Waals surface area contributed by atoms with E-state index in [9.17, 15) is 9.18 Å². The molecule has 4 heterocycles. The highest BCUT2D eigenvalue weighted by Crippen LogP contribution is 2.42. The lowest BCUT2D eigenvalue weighted by atomic mass is 9.87. The molecule has 2 saturated heterocycles. The van der Waals surface area contributed by atoms with Gasteiger partial charge in [-0.3, -0.25) is 0 Å². The van der Waals surface area contributed by atoms with E-state index in [1.165, 1.54) is 18.5 Å². The monoisotopic (exact) mass is 790 g/mol. The van der Waals surface area contributed by atoms with E-state index in [0.717, 1.165) is 60.6 Å². The van der Waals surface area contributed by atoms with Crippen LogP contribution in [0.25, 0.3) is 5.69 Å². The number of ether oxygens (including phenoxy) is 3. The molecule has 58 heavy (non-hydrogen) atoms. The smallest absolute Gasteiger partial charge is 0.350 e. The van der Waals surface area contributed by atoms with Crippen molar-refractivity contribution in [2.75, 3.05) is 49.2 Å². The molecular formula is C44H48F2N8O4. The fourth-order valence-electron chi connectivity index (χ4n) is 8.14. The number of rotatable bonds is 15. The third kappa shape index (κ3) is 8.53. The quantitative estimate of drug-likeness (QED) is 0.111. The van der Waals surface area contributed by atoms with Crippen LogP contribution >= 0.6 is 0 Å². The molecule has 8 rings (SSSR count). The Morgan fingerprint density at radius 2 is 1.55 bits per heavy atom. The Labute approximate surface area is 336 Å². The summed E-state index contributed by atoms with van der Waals surface area (Å²) in [6.07, 6.45) is 5.57. The summed E-state index contributed by atoms with van der Waals surface area (Å²) in [6.45, 7) is 8.91. The molecule has 2 aliphatic rings. The minimum Gasteiger partial charge on any atom is -0.493 e. The topological polar surface area (TPSA) is 105 Å². The van der Waals surface area contributed by atoms with Crippen molar-refractivity contribution in [1.29, 1.82) is 0 Å². The van der Waals surface area contributed by atoms with Crippen molar-refractivity contribution in [3.8, 4) is 11.4 Å². The van der Waals surface area contributed by atoms with Crippen LogP contribution in [0.1, 0.15) is 43.9 Å². The van der Waals surface area contributed by atoms with Gasteiger partial charge in [0.1, 0.15) is 42.0 Å². The van der Waals surface area contributed by atoms with Gasteiger partial charge in [-0.05, 0) is 79.9 Å². The second-order valence-corrected chi connectivity index (χ2v) is 15.1. The predicted molar refractivity (Wildman–Crippen MR) is 216 cm³/mol. The summed E-state index contributed by atoms with van der Waals surface area (Å²) in [4.78, 5) is 22.2. The highest BCUT2D eigenvalue weighted by Gasteiger charge is 2.44. The molecule has 2 aliphatic heterocycles. The molecule has 4 aromatic carbocycles. The Balaban J connectivity index is 0.828. The van der Waals surface area contributed by atoms with E-state index in [0.29, 0.717) is 38.2 Å². The van der Waals surface area contributed by atoms with Gasteiger partial charge in [0.05, 0.1) is 44.2 Å². The molecule has 14 heteroatoms. The van der Waals surface area contributed by atoms with Crippen LogP contribution < -0.4 is 20.2 Å². The first-order valence-corrected chi connectivity index (χ1v) is 19.9. The number of nitrogens with zero attached hydrogens (tertiary/aromatic N) is 8. The number of aromatic nitrogens is 6. The van der Waals surface area contributed by atoms with Gasteiger partial charge in [0.2, 0.25) is 0 Å². The lowest BCUT2D eigenvalue weighted by Gasteiger charge is -2.37. The minimum absolute atomic E-state index is 0.0128. The van der Waals surface area contributed by atoms with Crippen molar-refractivity contribution in [3.63, 3.8) is 0 Å². The Bertz CT molecular complexity index is 2300. The summed E-state index contributed by atoms with van der Waals surface area (Å²) in [5.41, 5.74) is 3.16. The standard InChI is InChI=1S/C44H48F2N8O4/c1-3-42(32(2)56-25-33-7-5-4-6-8-33)54-43(55)53(31-49-54)38-12-10-36(11-13-38)50-19-21-51(22-20-50)37-14-16-39(17-15-37)57-26-34-24-44(58-27-34,28-52-30-47-29-48-52)40-18-9-35(45)23-41(40)46/h4-18,23,29-32,34,42H,3,19-22,24-28H2,1-2H3/t32-,34+,42+,44+/m1/s1. The molecule has 302 valence electrons. The number of hydrogen-bond acceptors (Lipinski definition) is 9. The molecule has 2 fully saturated rings. The SMILES string of the molecule is CC[C@@H]([C@@H](C)OCc1ccccc1)n1ncn(-c2ccc(N3CCN(c4ccc(OC[C@H]5CO[C@@](Cn6cncn6)(c6ccc(F)cc6F)C5)cc4)CC3)cc2)c1=O. The Hall–Kier alpha value is -5.86. The summed E-state index contributed by atoms with van der Waals surface area (Å²) in [6, 6.07) is 29.6. The second-order valence-electron chi connectivity index (χ2n) is 15.1. The number of halogens is 2. The first-order chi connectivity index (χ1) is 28.3. The maximum absolute atomic E-state index is 15.0. The zero-order chi connectivity index (χ0) is 40.1. The maximum atomic E-state index is 15.0. The molecule has 0 radical (unpaired) electrons. The van der Waals surface area contributed by atoms with Crippen molar-refractivity contribution >= 4 is 11.4 Å². The van der Waals surface area contributed by atoms with E-state index in [2.05, 4.69) is 49.2 Å². The van der Waals surface area contributed by atoms with Crippen LogP contribution in [0.3, 0.4) is 0 Å². The Morgan fingerprint density at radius 1 is 0.862 bits per heavy atom. The summed E-state index contributed by atoms with van der Waals surface area (Å²) in [5.74, 6) is -0.555. The molecule has 12 nitrogen and oxygen atoms in total. The molecule has 0 bridgehead atoms. The summed E-state index contributed by atoms with van der Waals surface area (Å²) in [7, 11) is 0. The van der Waals surface area contributed by atoms with E-state index >= 15 is 4.39 Å². The van der Waals surface area contributed by atoms with Gasteiger partial charge in [0, 0.05) is 55.1 Å². The second kappa shape index (κ2) is 17.3. The number of hydrogen-bond donors (Lipinski definition) is 0. The largest absolute Gasteiger partial charge is 0.493 e. The van der Waals surface area contributed by atoms with E-state index < -0.39 is 17.2 Å². The van der Waals surface area contributed by atoms with Crippen molar-refractivity contribution in [3.05, 3.63) is 149 Å². The average molecular weight is 791 g/mol. The van der Waals surface area contributed by atoms with Gasteiger partial charge >= 0.3 is 5.69 Å². The van der Waals surface area contributed by atoms with Crippen LogP contribution in [0.5, 0.6) is 5.75 Å². The number of anilines is 2. The lowest BCUT2D eigenvalue weighted by molar-refractivity contribution is -0.0206. The van der Waals surface area contributed by atoms with Crippen molar-refractivity contribution in [2.45, 2.75) is 57.6 Å².